The number of carbonyl (C=O) groups excluding carboxylic acids is 2. The van der Waals surface area contributed by atoms with E-state index in [1.54, 1.807) is 62.8 Å². The van der Waals surface area contributed by atoms with Crippen molar-refractivity contribution < 1.29 is 23.8 Å². The molecule has 2 aromatic carbocycles. The number of halogens is 1. The Kier molecular flexibility index (Phi) is 5.73. The molecule has 1 saturated heterocycles. The van der Waals surface area contributed by atoms with Gasteiger partial charge in [0.1, 0.15) is 17.3 Å². The summed E-state index contributed by atoms with van der Waals surface area (Å²) >= 11 is 0. The van der Waals surface area contributed by atoms with E-state index in [1.807, 2.05) is 0 Å². The zero-order chi connectivity index (χ0) is 22.8. The molecule has 0 radical (unpaired) electrons. The van der Waals surface area contributed by atoms with Gasteiger partial charge in [0.25, 0.3) is 11.7 Å². The normalized spacial score (nSPS) is 17.6. The van der Waals surface area contributed by atoms with E-state index in [9.17, 15) is 19.1 Å². The molecule has 1 atom stereocenters. The van der Waals surface area contributed by atoms with Crippen molar-refractivity contribution in [1.82, 2.24) is 9.88 Å². The molecule has 6 nitrogen and oxygen atoms in total. The monoisotopic (exact) mass is 432 g/mol. The first kappa shape index (κ1) is 21.2. The average Bonchev–Trinajstić information content (AvgIpc) is 3.06. The van der Waals surface area contributed by atoms with Crippen molar-refractivity contribution in [3.63, 3.8) is 0 Å². The molecule has 2 heterocycles. The molecule has 0 spiro atoms. The second-order valence-electron chi connectivity index (χ2n) is 7.53. The molecule has 1 N–H and O–H groups in total. The smallest absolute Gasteiger partial charge is 0.295 e. The number of nitrogens with zero attached hydrogens (tertiary/aromatic N) is 2. The standard InChI is InChI=1S/C25H21FN2O4/c1-15-12-18(7-10-20(15)26)23(29)21-22(17-5-8-19(32-2)9-6-17)28(25(31)24(21)30)14-16-4-3-11-27-13-16/h3-13,22,29H,14H2,1-2H3/b23-21-. The fraction of sp³-hybridized carbons (Fsp3) is 0.160. The summed E-state index contributed by atoms with van der Waals surface area (Å²) in [6.45, 7) is 1.70. The van der Waals surface area contributed by atoms with Gasteiger partial charge >= 0.3 is 0 Å². The molecule has 3 aromatic rings. The molecule has 1 aliphatic rings. The highest BCUT2D eigenvalue weighted by molar-refractivity contribution is 6.46. The van der Waals surface area contributed by atoms with Crippen molar-refractivity contribution in [3.8, 4) is 5.75 Å². The second kappa shape index (κ2) is 8.63. The molecule has 0 aliphatic carbocycles. The zero-order valence-electron chi connectivity index (χ0n) is 17.6. The van der Waals surface area contributed by atoms with Crippen molar-refractivity contribution in [2.45, 2.75) is 19.5 Å². The minimum absolute atomic E-state index is 0.0462. The highest BCUT2D eigenvalue weighted by Gasteiger charge is 2.46. The van der Waals surface area contributed by atoms with Gasteiger partial charge in [-0.05, 0) is 60.0 Å². The second-order valence-corrected chi connectivity index (χ2v) is 7.53. The lowest BCUT2D eigenvalue weighted by Crippen LogP contribution is -2.29. The minimum atomic E-state index is -0.827. The number of likely N-dealkylation sites (tertiary alicyclic amines) is 1. The SMILES string of the molecule is COc1ccc(C2/C(=C(/O)c3ccc(F)c(C)c3)C(=O)C(=O)N2Cc2cccnc2)cc1. The first-order chi connectivity index (χ1) is 15.4. The van der Waals surface area contributed by atoms with Crippen LogP contribution in [-0.2, 0) is 16.1 Å². The molecule has 0 saturated carbocycles. The van der Waals surface area contributed by atoms with Crippen molar-refractivity contribution in [2.75, 3.05) is 7.11 Å². The van der Waals surface area contributed by atoms with E-state index in [4.69, 9.17) is 4.74 Å². The summed E-state index contributed by atoms with van der Waals surface area (Å²) in [6, 6.07) is 13.7. The number of amides is 1. The quantitative estimate of drug-likeness (QED) is 0.372. The number of methoxy groups -OCH3 is 1. The van der Waals surface area contributed by atoms with Crippen LogP contribution in [0, 0.1) is 12.7 Å². The number of hydrogen-bond acceptors (Lipinski definition) is 5. The molecule has 32 heavy (non-hydrogen) atoms. The van der Waals surface area contributed by atoms with E-state index in [1.165, 1.54) is 23.1 Å². The predicted molar refractivity (Wildman–Crippen MR) is 116 cm³/mol. The summed E-state index contributed by atoms with van der Waals surface area (Å²) in [5.74, 6) is -1.68. The Bertz CT molecular complexity index is 1210. The number of aromatic nitrogens is 1. The molecular weight excluding hydrogens is 411 g/mol. The molecule has 1 aromatic heterocycles. The van der Waals surface area contributed by atoms with Gasteiger partial charge in [0.15, 0.2) is 0 Å². The van der Waals surface area contributed by atoms with Crippen LogP contribution in [0.2, 0.25) is 0 Å². The first-order valence-electron chi connectivity index (χ1n) is 9.98. The van der Waals surface area contributed by atoms with Gasteiger partial charge in [-0.15, -0.1) is 0 Å². The number of aliphatic hydroxyl groups excluding tert-OH is 1. The summed E-state index contributed by atoms with van der Waals surface area (Å²) < 4.78 is 19.0. The Balaban J connectivity index is 1.86. The largest absolute Gasteiger partial charge is 0.507 e. The van der Waals surface area contributed by atoms with Crippen LogP contribution in [0.25, 0.3) is 5.76 Å². The lowest BCUT2D eigenvalue weighted by molar-refractivity contribution is -0.140. The third kappa shape index (κ3) is 3.85. The van der Waals surface area contributed by atoms with Gasteiger partial charge in [0.2, 0.25) is 0 Å². The molecule has 0 bridgehead atoms. The Morgan fingerprint density at radius 3 is 2.53 bits per heavy atom. The molecule has 162 valence electrons. The average molecular weight is 432 g/mol. The summed E-state index contributed by atoms with van der Waals surface area (Å²) in [7, 11) is 1.54. The number of aryl methyl sites for hydroxylation is 1. The summed E-state index contributed by atoms with van der Waals surface area (Å²) in [5.41, 5.74) is 1.91. The number of benzene rings is 2. The van der Waals surface area contributed by atoms with Crippen molar-refractivity contribution in [1.29, 1.82) is 0 Å². The maximum absolute atomic E-state index is 13.8. The van der Waals surface area contributed by atoms with Gasteiger partial charge in [0, 0.05) is 24.5 Å². The number of ketones is 1. The van der Waals surface area contributed by atoms with Gasteiger partial charge in [-0.2, -0.15) is 0 Å². The number of carbonyl (C=O) groups is 2. The van der Waals surface area contributed by atoms with E-state index in [2.05, 4.69) is 4.98 Å². The maximum Gasteiger partial charge on any atom is 0.295 e. The van der Waals surface area contributed by atoms with Gasteiger partial charge in [-0.1, -0.05) is 18.2 Å². The lowest BCUT2D eigenvalue weighted by atomic mass is 9.94. The lowest BCUT2D eigenvalue weighted by Gasteiger charge is -2.25. The van der Waals surface area contributed by atoms with Gasteiger partial charge < -0.3 is 14.7 Å². The topological polar surface area (TPSA) is 79.7 Å². The molecule has 1 unspecified atom stereocenters. The van der Waals surface area contributed by atoms with Crippen LogP contribution in [0.1, 0.15) is 28.3 Å². The molecule has 1 fully saturated rings. The highest BCUT2D eigenvalue weighted by Crippen LogP contribution is 2.40. The van der Waals surface area contributed by atoms with Crippen LogP contribution in [-0.4, -0.2) is 33.8 Å². The van der Waals surface area contributed by atoms with Crippen LogP contribution in [0.4, 0.5) is 4.39 Å². The van der Waals surface area contributed by atoms with Crippen LogP contribution in [0.5, 0.6) is 5.75 Å². The zero-order valence-corrected chi connectivity index (χ0v) is 17.6. The van der Waals surface area contributed by atoms with E-state index in [-0.39, 0.29) is 23.4 Å². The molecular formula is C25H21FN2O4. The van der Waals surface area contributed by atoms with E-state index in [0.29, 0.717) is 16.9 Å². The third-order valence-corrected chi connectivity index (χ3v) is 5.48. The van der Waals surface area contributed by atoms with Gasteiger partial charge in [0.05, 0.1) is 18.7 Å². The van der Waals surface area contributed by atoms with E-state index < -0.39 is 23.5 Å². The van der Waals surface area contributed by atoms with Gasteiger partial charge in [-0.25, -0.2) is 4.39 Å². The molecule has 7 heteroatoms. The minimum Gasteiger partial charge on any atom is -0.507 e. The van der Waals surface area contributed by atoms with Crippen molar-refractivity contribution in [3.05, 3.63) is 101 Å². The van der Waals surface area contributed by atoms with E-state index in [0.717, 1.165) is 5.56 Å². The van der Waals surface area contributed by atoms with Gasteiger partial charge in [-0.3, -0.25) is 14.6 Å². The molecule has 4 rings (SSSR count). The molecule has 1 amide bonds. The summed E-state index contributed by atoms with van der Waals surface area (Å²) in [6.07, 6.45) is 3.24. The maximum atomic E-state index is 13.8. The first-order valence-corrected chi connectivity index (χ1v) is 9.98. The number of ether oxygens (including phenoxy) is 1. The van der Waals surface area contributed by atoms with Crippen LogP contribution in [0.15, 0.2) is 72.6 Å². The fourth-order valence-corrected chi connectivity index (χ4v) is 3.81. The molecule has 1 aliphatic heterocycles. The number of hydrogen-bond donors (Lipinski definition) is 1. The predicted octanol–water partition coefficient (Wildman–Crippen LogP) is 4.16. The Labute approximate surface area is 184 Å². The fourth-order valence-electron chi connectivity index (χ4n) is 3.81. The summed E-state index contributed by atoms with van der Waals surface area (Å²) in [4.78, 5) is 31.5. The van der Waals surface area contributed by atoms with Crippen LogP contribution < -0.4 is 4.74 Å². The Morgan fingerprint density at radius 2 is 1.91 bits per heavy atom. The number of Topliss-reactive ketones (excluding diaryl/α,β-unsaturated/α-hetero) is 1. The summed E-state index contributed by atoms with van der Waals surface area (Å²) in [5, 5.41) is 11.1. The highest BCUT2D eigenvalue weighted by atomic mass is 19.1. The number of rotatable bonds is 5. The van der Waals surface area contributed by atoms with Crippen molar-refractivity contribution >= 4 is 17.4 Å². The van der Waals surface area contributed by atoms with Crippen LogP contribution in [0.3, 0.4) is 0 Å². The number of pyridine rings is 1. The van der Waals surface area contributed by atoms with Crippen molar-refractivity contribution in [2.24, 2.45) is 0 Å². The van der Waals surface area contributed by atoms with E-state index >= 15 is 0 Å². The number of aliphatic hydroxyl groups is 1. The Morgan fingerprint density at radius 1 is 1.16 bits per heavy atom. The third-order valence-electron chi connectivity index (χ3n) is 5.48. The van der Waals surface area contributed by atoms with Crippen LogP contribution >= 0.6 is 0 Å². The Hall–Kier alpha value is -4.00.